The summed E-state index contributed by atoms with van der Waals surface area (Å²) in [5.41, 5.74) is 1.34. The minimum absolute atomic E-state index is 0.0982. The molecule has 1 aromatic rings. The lowest BCUT2D eigenvalue weighted by Gasteiger charge is -2.16. The number of carbonyl (C=O) groups excluding carboxylic acids is 1. The third-order valence-corrected chi connectivity index (χ3v) is 3.33. The van der Waals surface area contributed by atoms with Crippen molar-refractivity contribution >= 4 is 5.91 Å². The first-order chi connectivity index (χ1) is 10.2. The first kappa shape index (κ1) is 17.7. The van der Waals surface area contributed by atoms with Gasteiger partial charge in [0, 0.05) is 13.1 Å². The first-order valence-corrected chi connectivity index (χ1v) is 7.92. The molecule has 21 heavy (non-hydrogen) atoms. The first-order valence-electron chi connectivity index (χ1n) is 7.92. The summed E-state index contributed by atoms with van der Waals surface area (Å²) in [6, 6.07) is 10.5. The van der Waals surface area contributed by atoms with E-state index >= 15 is 0 Å². The van der Waals surface area contributed by atoms with Crippen LogP contribution < -0.4 is 10.6 Å². The van der Waals surface area contributed by atoms with Crippen molar-refractivity contribution in [3.05, 3.63) is 35.9 Å². The van der Waals surface area contributed by atoms with Gasteiger partial charge in [-0.05, 0) is 38.5 Å². The molecule has 0 heterocycles. The predicted octanol–water partition coefficient (Wildman–Crippen LogP) is 2.01. The second kappa shape index (κ2) is 11.3. The second-order valence-corrected chi connectivity index (χ2v) is 5.46. The highest BCUT2D eigenvalue weighted by Gasteiger charge is 2.01. The molecule has 0 spiro atoms. The number of nitrogens with zero attached hydrogens (tertiary/aromatic N) is 1. The number of amides is 1. The summed E-state index contributed by atoms with van der Waals surface area (Å²) in [7, 11) is 2.13. The summed E-state index contributed by atoms with van der Waals surface area (Å²) in [6.07, 6.45) is 3.21. The van der Waals surface area contributed by atoms with Crippen molar-refractivity contribution in [3.63, 3.8) is 0 Å². The molecule has 2 N–H and O–H groups in total. The Labute approximate surface area is 128 Å². The van der Waals surface area contributed by atoms with Gasteiger partial charge in [0.1, 0.15) is 0 Å². The number of unbranched alkanes of at least 4 members (excludes halogenated alkanes) is 1. The highest BCUT2D eigenvalue weighted by molar-refractivity contribution is 5.77. The molecule has 0 unspecified atom stereocenters. The quantitative estimate of drug-likeness (QED) is 0.613. The summed E-state index contributed by atoms with van der Waals surface area (Å²) in [5, 5.41) is 6.10. The summed E-state index contributed by atoms with van der Waals surface area (Å²) in [6.45, 7) is 6.21. The van der Waals surface area contributed by atoms with Crippen molar-refractivity contribution in [1.29, 1.82) is 0 Å². The highest BCUT2D eigenvalue weighted by Crippen LogP contribution is 2.02. The van der Waals surface area contributed by atoms with Gasteiger partial charge in [-0.1, -0.05) is 43.7 Å². The largest absolute Gasteiger partial charge is 0.355 e. The average molecular weight is 291 g/mol. The molecule has 0 radical (unpaired) electrons. The van der Waals surface area contributed by atoms with Gasteiger partial charge in [-0.3, -0.25) is 4.79 Å². The fourth-order valence-electron chi connectivity index (χ4n) is 2.12. The van der Waals surface area contributed by atoms with Crippen LogP contribution in [0, 0.1) is 0 Å². The summed E-state index contributed by atoms with van der Waals surface area (Å²) >= 11 is 0. The molecule has 4 nitrogen and oxygen atoms in total. The Balaban J connectivity index is 1.99. The molecule has 0 saturated carbocycles. The lowest BCUT2D eigenvalue weighted by molar-refractivity contribution is -0.120. The van der Waals surface area contributed by atoms with Gasteiger partial charge in [0.25, 0.3) is 0 Å². The van der Waals surface area contributed by atoms with Gasteiger partial charge >= 0.3 is 0 Å². The predicted molar refractivity (Wildman–Crippen MR) is 88.2 cm³/mol. The molecule has 0 fully saturated rings. The van der Waals surface area contributed by atoms with Gasteiger partial charge in [0.05, 0.1) is 6.54 Å². The second-order valence-electron chi connectivity index (χ2n) is 5.46. The van der Waals surface area contributed by atoms with Crippen molar-refractivity contribution in [2.24, 2.45) is 0 Å². The van der Waals surface area contributed by atoms with Crippen molar-refractivity contribution in [2.45, 2.75) is 32.7 Å². The van der Waals surface area contributed by atoms with E-state index in [1.54, 1.807) is 0 Å². The Morgan fingerprint density at radius 3 is 2.62 bits per heavy atom. The maximum atomic E-state index is 11.5. The molecular formula is C17H29N3O. The Morgan fingerprint density at radius 1 is 1.14 bits per heavy atom. The maximum Gasteiger partial charge on any atom is 0.233 e. The number of hydrogen-bond donors (Lipinski definition) is 2. The van der Waals surface area contributed by atoms with Crippen molar-refractivity contribution in [1.82, 2.24) is 15.5 Å². The van der Waals surface area contributed by atoms with Gasteiger partial charge in [-0.15, -0.1) is 0 Å². The minimum Gasteiger partial charge on any atom is -0.355 e. The Bertz CT molecular complexity index is 381. The molecule has 118 valence electrons. The van der Waals surface area contributed by atoms with E-state index in [0.29, 0.717) is 6.54 Å². The van der Waals surface area contributed by atoms with Gasteiger partial charge in [0.15, 0.2) is 0 Å². The summed E-state index contributed by atoms with van der Waals surface area (Å²) in [5.74, 6) is 0.0982. The minimum atomic E-state index is 0.0982. The van der Waals surface area contributed by atoms with Gasteiger partial charge in [-0.25, -0.2) is 0 Å². The van der Waals surface area contributed by atoms with E-state index < -0.39 is 0 Å². The molecule has 0 aliphatic carbocycles. The van der Waals surface area contributed by atoms with Crippen LogP contribution in [0.4, 0.5) is 0 Å². The summed E-state index contributed by atoms with van der Waals surface area (Å²) in [4.78, 5) is 13.8. The zero-order valence-electron chi connectivity index (χ0n) is 13.4. The number of benzene rings is 1. The standard InChI is InChI=1S/C17H29N3O/c1-3-4-12-19-17(21)14-18-11-8-13-20(2)15-16-9-6-5-7-10-16/h5-7,9-10,18H,3-4,8,11-15H2,1-2H3,(H,19,21). The Hall–Kier alpha value is -1.39. The van der Waals surface area contributed by atoms with Crippen LogP contribution in [0.5, 0.6) is 0 Å². The molecule has 1 aromatic carbocycles. The number of rotatable bonds is 11. The monoisotopic (exact) mass is 291 g/mol. The van der Waals surface area contributed by atoms with E-state index in [-0.39, 0.29) is 5.91 Å². The number of carbonyl (C=O) groups is 1. The van der Waals surface area contributed by atoms with E-state index in [0.717, 1.165) is 45.4 Å². The molecule has 0 saturated heterocycles. The zero-order chi connectivity index (χ0) is 15.3. The molecule has 0 aromatic heterocycles. The van der Waals surface area contributed by atoms with E-state index in [1.165, 1.54) is 5.56 Å². The maximum absolute atomic E-state index is 11.5. The number of nitrogens with one attached hydrogen (secondary N) is 2. The number of hydrogen-bond acceptors (Lipinski definition) is 3. The zero-order valence-corrected chi connectivity index (χ0v) is 13.4. The van der Waals surface area contributed by atoms with Crippen LogP contribution in [0.1, 0.15) is 31.7 Å². The van der Waals surface area contributed by atoms with Crippen LogP contribution in [-0.2, 0) is 11.3 Å². The van der Waals surface area contributed by atoms with E-state index in [1.807, 2.05) is 6.07 Å². The normalized spacial score (nSPS) is 10.8. The van der Waals surface area contributed by atoms with Crippen molar-refractivity contribution in [3.8, 4) is 0 Å². The smallest absolute Gasteiger partial charge is 0.233 e. The molecule has 4 heteroatoms. The van der Waals surface area contributed by atoms with Crippen LogP contribution >= 0.6 is 0 Å². The molecular weight excluding hydrogens is 262 g/mol. The van der Waals surface area contributed by atoms with Crippen molar-refractivity contribution in [2.75, 3.05) is 33.2 Å². The van der Waals surface area contributed by atoms with Crippen LogP contribution in [0.25, 0.3) is 0 Å². The lowest BCUT2D eigenvalue weighted by Crippen LogP contribution is -2.35. The van der Waals surface area contributed by atoms with Gasteiger partial charge < -0.3 is 15.5 Å². The molecule has 0 aliphatic rings. The highest BCUT2D eigenvalue weighted by atomic mass is 16.1. The van der Waals surface area contributed by atoms with Crippen LogP contribution in [-0.4, -0.2) is 44.0 Å². The SMILES string of the molecule is CCCCNC(=O)CNCCCN(C)Cc1ccccc1. The average Bonchev–Trinajstić information content (AvgIpc) is 2.48. The van der Waals surface area contributed by atoms with Crippen LogP contribution in [0.2, 0.25) is 0 Å². The fourth-order valence-corrected chi connectivity index (χ4v) is 2.12. The fraction of sp³-hybridized carbons (Fsp3) is 0.588. The molecule has 0 atom stereocenters. The molecule has 1 rings (SSSR count). The summed E-state index contributed by atoms with van der Waals surface area (Å²) < 4.78 is 0. The molecule has 0 aliphatic heterocycles. The Kier molecular flexibility index (Phi) is 9.49. The molecule has 1 amide bonds. The Morgan fingerprint density at radius 2 is 1.90 bits per heavy atom. The van der Waals surface area contributed by atoms with Crippen LogP contribution in [0.3, 0.4) is 0 Å². The molecule has 0 bridgehead atoms. The van der Waals surface area contributed by atoms with E-state index in [4.69, 9.17) is 0 Å². The topological polar surface area (TPSA) is 44.4 Å². The van der Waals surface area contributed by atoms with E-state index in [2.05, 4.69) is 53.8 Å². The third-order valence-electron chi connectivity index (χ3n) is 3.33. The van der Waals surface area contributed by atoms with Gasteiger partial charge in [0.2, 0.25) is 5.91 Å². The van der Waals surface area contributed by atoms with E-state index in [9.17, 15) is 4.79 Å². The lowest BCUT2D eigenvalue weighted by atomic mass is 10.2. The van der Waals surface area contributed by atoms with Crippen molar-refractivity contribution < 1.29 is 4.79 Å². The van der Waals surface area contributed by atoms with Gasteiger partial charge in [-0.2, -0.15) is 0 Å². The van der Waals surface area contributed by atoms with Crippen LogP contribution in [0.15, 0.2) is 30.3 Å². The third kappa shape index (κ3) is 9.21.